The van der Waals surface area contributed by atoms with Crippen LogP contribution < -0.4 is 0 Å². The summed E-state index contributed by atoms with van der Waals surface area (Å²) < 4.78 is 16.5. The van der Waals surface area contributed by atoms with E-state index >= 15 is 0 Å². The molecule has 0 fully saturated rings. The normalized spacial score (nSPS) is 13.7. The lowest BCUT2D eigenvalue weighted by Gasteiger charge is -2.33. The van der Waals surface area contributed by atoms with Gasteiger partial charge in [0.1, 0.15) is 5.60 Å². The molecule has 0 aliphatic carbocycles. The smallest absolute Gasteiger partial charge is 0.342 e. The van der Waals surface area contributed by atoms with E-state index in [9.17, 15) is 19.1 Å². The van der Waals surface area contributed by atoms with Crippen LogP contribution in [0.25, 0.3) is 0 Å². The molecule has 0 saturated heterocycles. The molecular weight excluding hydrogens is 231 g/mol. The van der Waals surface area contributed by atoms with Gasteiger partial charge in [-0.05, 0) is 33.6 Å². The molecule has 96 valence electrons. The number of carbonyl (C=O) groups is 1. The first-order valence-corrected chi connectivity index (χ1v) is 6.90. The van der Waals surface area contributed by atoms with E-state index in [4.69, 9.17) is 4.74 Å². The highest BCUT2D eigenvalue weighted by atomic mass is 31.2. The Balaban J connectivity index is 5.23. The molecule has 6 heteroatoms. The van der Waals surface area contributed by atoms with Crippen molar-refractivity contribution in [1.29, 1.82) is 0 Å². The van der Waals surface area contributed by atoms with Gasteiger partial charge in [0.2, 0.25) is 0 Å². The number of ether oxygens (including phenoxy) is 1. The summed E-state index contributed by atoms with van der Waals surface area (Å²) in [7, 11) is -4.52. The number of hydrogen-bond donors (Lipinski definition) is 2. The average molecular weight is 252 g/mol. The molecule has 5 nitrogen and oxygen atoms in total. The minimum absolute atomic E-state index is 0.0582. The van der Waals surface area contributed by atoms with Gasteiger partial charge >= 0.3 is 13.6 Å². The Labute approximate surface area is 96.4 Å². The zero-order valence-corrected chi connectivity index (χ0v) is 11.4. The highest BCUT2D eigenvalue weighted by Crippen LogP contribution is 2.55. The van der Waals surface area contributed by atoms with Crippen molar-refractivity contribution in [3.05, 3.63) is 0 Å². The van der Waals surface area contributed by atoms with E-state index in [1.54, 1.807) is 34.6 Å². The van der Waals surface area contributed by atoms with Crippen LogP contribution in [-0.4, -0.2) is 26.5 Å². The van der Waals surface area contributed by atoms with Gasteiger partial charge in [-0.3, -0.25) is 9.36 Å². The maximum absolute atomic E-state index is 11.9. The van der Waals surface area contributed by atoms with Crippen molar-refractivity contribution < 1.29 is 23.9 Å². The van der Waals surface area contributed by atoms with Crippen molar-refractivity contribution in [1.82, 2.24) is 0 Å². The predicted octanol–water partition coefficient (Wildman–Crippen LogP) is 2.06. The largest absolute Gasteiger partial charge is 0.459 e. The van der Waals surface area contributed by atoms with E-state index in [1.807, 2.05) is 0 Å². The predicted molar refractivity (Wildman–Crippen MR) is 61.2 cm³/mol. The molecule has 16 heavy (non-hydrogen) atoms. The zero-order chi connectivity index (χ0) is 13.2. The van der Waals surface area contributed by atoms with Gasteiger partial charge in [-0.1, -0.05) is 13.8 Å². The molecule has 0 rings (SSSR count). The molecule has 0 aromatic heterocycles. The molecule has 0 amide bonds. The fraction of sp³-hybridized carbons (Fsp3) is 0.900. The first kappa shape index (κ1) is 15.6. The molecule has 0 bridgehead atoms. The highest BCUT2D eigenvalue weighted by Gasteiger charge is 2.52. The quantitative estimate of drug-likeness (QED) is 0.591. The maximum atomic E-state index is 11.9. The maximum Gasteiger partial charge on any atom is 0.342 e. The van der Waals surface area contributed by atoms with Crippen molar-refractivity contribution in [2.75, 3.05) is 0 Å². The molecule has 0 aromatic carbocycles. The lowest BCUT2D eigenvalue weighted by Crippen LogP contribution is -2.42. The van der Waals surface area contributed by atoms with Crippen molar-refractivity contribution >= 4 is 13.6 Å². The van der Waals surface area contributed by atoms with Gasteiger partial charge in [0.05, 0.1) is 0 Å². The van der Waals surface area contributed by atoms with Crippen molar-refractivity contribution in [3.63, 3.8) is 0 Å². The third-order valence-electron chi connectivity index (χ3n) is 2.51. The van der Waals surface area contributed by atoms with Crippen LogP contribution in [0.3, 0.4) is 0 Å². The molecule has 0 aliphatic heterocycles. The van der Waals surface area contributed by atoms with Crippen LogP contribution in [0, 0.1) is 0 Å². The Morgan fingerprint density at radius 1 is 1.19 bits per heavy atom. The second-order valence-corrected chi connectivity index (χ2v) is 6.73. The third-order valence-corrected chi connectivity index (χ3v) is 4.44. The van der Waals surface area contributed by atoms with Crippen molar-refractivity contribution in [2.24, 2.45) is 0 Å². The van der Waals surface area contributed by atoms with E-state index in [1.165, 1.54) is 0 Å². The van der Waals surface area contributed by atoms with E-state index in [0.29, 0.717) is 0 Å². The average Bonchev–Trinajstić information content (AvgIpc) is 2.00. The first-order valence-electron chi connectivity index (χ1n) is 5.29. The summed E-state index contributed by atoms with van der Waals surface area (Å²) in [6, 6.07) is 0. The Kier molecular flexibility index (Phi) is 4.75. The molecule has 0 aliphatic rings. The summed E-state index contributed by atoms with van der Waals surface area (Å²) in [6.45, 7) is 8.15. The van der Waals surface area contributed by atoms with Crippen LogP contribution in [0.1, 0.15) is 47.5 Å². The first-order chi connectivity index (χ1) is 7.00. The van der Waals surface area contributed by atoms with E-state index < -0.39 is 24.3 Å². The van der Waals surface area contributed by atoms with Gasteiger partial charge in [-0.2, -0.15) is 0 Å². The Hall–Kier alpha value is -0.380. The van der Waals surface area contributed by atoms with Crippen LogP contribution in [0.2, 0.25) is 0 Å². The molecule has 0 heterocycles. The van der Waals surface area contributed by atoms with Gasteiger partial charge in [0, 0.05) is 0 Å². The molecule has 2 N–H and O–H groups in total. The van der Waals surface area contributed by atoms with E-state index in [0.717, 1.165) is 0 Å². The second-order valence-electron chi connectivity index (χ2n) is 4.78. The number of rotatable bonds is 4. The summed E-state index contributed by atoms with van der Waals surface area (Å²) in [4.78, 5) is 30.5. The highest BCUT2D eigenvalue weighted by molar-refractivity contribution is 7.54. The molecule has 0 atom stereocenters. The van der Waals surface area contributed by atoms with Gasteiger partial charge in [0.15, 0.2) is 5.16 Å². The van der Waals surface area contributed by atoms with Crippen LogP contribution in [0.5, 0.6) is 0 Å². The minimum Gasteiger partial charge on any atom is -0.459 e. The summed E-state index contributed by atoms with van der Waals surface area (Å²) in [5.41, 5.74) is -0.748. The Morgan fingerprint density at radius 3 is 1.75 bits per heavy atom. The van der Waals surface area contributed by atoms with Gasteiger partial charge < -0.3 is 14.5 Å². The van der Waals surface area contributed by atoms with E-state index in [-0.39, 0.29) is 12.8 Å². The summed E-state index contributed by atoms with van der Waals surface area (Å²) in [5.74, 6) is -0.821. The van der Waals surface area contributed by atoms with Crippen LogP contribution in [-0.2, 0) is 14.1 Å². The van der Waals surface area contributed by atoms with E-state index in [2.05, 4.69) is 0 Å². The van der Waals surface area contributed by atoms with Crippen molar-refractivity contribution in [3.8, 4) is 0 Å². The number of carbonyl (C=O) groups excluding carboxylic acids is 1. The lowest BCUT2D eigenvalue weighted by molar-refractivity contribution is -0.159. The standard InChI is InChI=1S/C10H21O5P/c1-6-10(7-2,16(12,13)14)8(11)15-9(3,4)5/h6-7H2,1-5H3,(H2,12,13,14). The molecule has 0 radical (unpaired) electrons. The molecule has 0 unspecified atom stereocenters. The van der Waals surface area contributed by atoms with Gasteiger partial charge in [-0.15, -0.1) is 0 Å². The number of hydrogen-bond acceptors (Lipinski definition) is 3. The van der Waals surface area contributed by atoms with Crippen LogP contribution in [0.4, 0.5) is 0 Å². The Bertz CT molecular complexity index is 295. The lowest BCUT2D eigenvalue weighted by atomic mass is 10.0. The topological polar surface area (TPSA) is 83.8 Å². The summed E-state index contributed by atoms with van der Waals surface area (Å²) >= 11 is 0. The molecule has 0 spiro atoms. The van der Waals surface area contributed by atoms with Crippen molar-refractivity contribution in [2.45, 2.75) is 58.2 Å². The monoisotopic (exact) mass is 252 g/mol. The Morgan fingerprint density at radius 2 is 1.56 bits per heavy atom. The van der Waals surface area contributed by atoms with Gasteiger partial charge in [0.25, 0.3) is 0 Å². The number of esters is 1. The molecule has 0 saturated carbocycles. The minimum atomic E-state index is -4.52. The summed E-state index contributed by atoms with van der Waals surface area (Å²) in [6.07, 6.45) is 0.116. The second kappa shape index (κ2) is 4.86. The third kappa shape index (κ3) is 3.30. The van der Waals surface area contributed by atoms with Crippen LogP contribution in [0.15, 0.2) is 0 Å². The SMILES string of the molecule is CCC(CC)(C(=O)OC(C)(C)C)P(=O)(O)O. The zero-order valence-electron chi connectivity index (χ0n) is 10.5. The van der Waals surface area contributed by atoms with Gasteiger partial charge in [-0.25, -0.2) is 0 Å². The molecule has 0 aromatic rings. The fourth-order valence-electron chi connectivity index (χ4n) is 1.44. The fourth-order valence-corrected chi connectivity index (χ4v) is 2.55. The molecular formula is C10H21O5P. The summed E-state index contributed by atoms with van der Waals surface area (Å²) in [5, 5.41) is -1.71. The van der Waals surface area contributed by atoms with Crippen LogP contribution >= 0.6 is 7.60 Å².